The maximum Gasteiger partial charge on any atom is 0.264 e. The van der Waals surface area contributed by atoms with E-state index in [4.69, 9.17) is 4.74 Å². The lowest BCUT2D eigenvalue weighted by molar-refractivity contribution is -0.114. The summed E-state index contributed by atoms with van der Waals surface area (Å²) in [7, 11) is 3.39. The van der Waals surface area contributed by atoms with Crippen LogP contribution in [0.5, 0.6) is 5.75 Å². The zero-order valence-corrected chi connectivity index (χ0v) is 22.4. The highest BCUT2D eigenvalue weighted by Crippen LogP contribution is 2.42. The number of nitrogens with zero attached hydrogens (tertiary/aromatic N) is 3. The van der Waals surface area contributed by atoms with Crippen molar-refractivity contribution in [1.29, 1.82) is 0 Å². The van der Waals surface area contributed by atoms with Crippen molar-refractivity contribution in [2.75, 3.05) is 43.6 Å². The van der Waals surface area contributed by atoms with Crippen LogP contribution >= 0.6 is 11.8 Å². The number of thioether (sulfide) groups is 1. The first-order valence-corrected chi connectivity index (χ1v) is 13.2. The Morgan fingerprint density at radius 2 is 1.86 bits per heavy atom. The molecule has 0 N–H and O–H groups in total. The Balaban J connectivity index is 1.33. The Hall–Kier alpha value is -3.71. The van der Waals surface area contributed by atoms with Crippen molar-refractivity contribution < 1.29 is 14.3 Å². The lowest BCUT2D eigenvalue weighted by atomic mass is 10.1. The van der Waals surface area contributed by atoms with E-state index in [1.54, 1.807) is 19.1 Å². The summed E-state index contributed by atoms with van der Waals surface area (Å²) in [5, 5.41) is 0. The van der Waals surface area contributed by atoms with Gasteiger partial charge >= 0.3 is 0 Å². The zero-order chi connectivity index (χ0) is 26.1. The average Bonchev–Trinajstić information content (AvgIpc) is 2.91. The number of piperazine rings is 1. The number of methoxy groups -OCH3 is 1. The normalized spacial score (nSPS) is 18.7. The lowest BCUT2D eigenvalue weighted by Crippen LogP contribution is -2.53. The molecule has 1 saturated heterocycles. The molecule has 0 bridgehead atoms. The van der Waals surface area contributed by atoms with Crippen molar-refractivity contribution in [3.8, 4) is 5.75 Å². The zero-order valence-electron chi connectivity index (χ0n) is 21.6. The Kier molecular flexibility index (Phi) is 6.98. The number of fused-ring (bicyclic) bond motifs is 1. The molecule has 0 saturated carbocycles. The molecule has 7 heteroatoms. The number of hydrogen-bond donors (Lipinski definition) is 0. The summed E-state index contributed by atoms with van der Waals surface area (Å²) in [5.41, 5.74) is 4.70. The molecule has 3 aromatic carbocycles. The first kappa shape index (κ1) is 25.0. The fraction of sp³-hybridized carbons (Fsp3) is 0.267. The standard InChI is InChI=1S/C30H31N3O3S/c1-20-7-5-9-24(15-20)33-14-13-32(19-21(33)2)29(34)23-11-12-27-26(18-23)31(3)30(35)28(37-27)17-22-8-6-10-25(16-22)36-4/h5-12,15-18,21H,13-14,19H2,1-4H3. The van der Waals surface area contributed by atoms with Crippen molar-refractivity contribution >= 4 is 41.0 Å². The van der Waals surface area contributed by atoms with Crippen LogP contribution in [0.2, 0.25) is 0 Å². The van der Waals surface area contributed by atoms with Gasteiger partial charge in [-0.25, -0.2) is 0 Å². The Labute approximate surface area is 222 Å². The number of aryl methyl sites for hydroxylation is 1. The summed E-state index contributed by atoms with van der Waals surface area (Å²) in [4.78, 5) is 34.1. The highest BCUT2D eigenvalue weighted by molar-refractivity contribution is 8.04. The first-order chi connectivity index (χ1) is 17.8. The molecule has 5 rings (SSSR count). The van der Waals surface area contributed by atoms with Crippen molar-refractivity contribution in [2.45, 2.75) is 24.8 Å². The van der Waals surface area contributed by atoms with Crippen LogP contribution in [0.25, 0.3) is 6.08 Å². The Bertz CT molecular complexity index is 1390. The van der Waals surface area contributed by atoms with Gasteiger partial charge in [0, 0.05) is 48.9 Å². The molecule has 37 heavy (non-hydrogen) atoms. The molecule has 0 aromatic heterocycles. The number of hydrogen-bond acceptors (Lipinski definition) is 5. The van der Waals surface area contributed by atoms with Crippen molar-refractivity contribution in [1.82, 2.24) is 4.90 Å². The van der Waals surface area contributed by atoms with Crippen LogP contribution in [-0.2, 0) is 4.79 Å². The van der Waals surface area contributed by atoms with Gasteiger partial charge in [0.25, 0.3) is 11.8 Å². The van der Waals surface area contributed by atoms with Gasteiger partial charge in [-0.3, -0.25) is 9.59 Å². The number of amides is 2. The van der Waals surface area contributed by atoms with Crippen LogP contribution < -0.4 is 14.5 Å². The number of ether oxygens (including phenoxy) is 1. The summed E-state index contributed by atoms with van der Waals surface area (Å²) in [6, 6.07) is 22.0. The fourth-order valence-corrected chi connectivity index (χ4v) is 6.02. The molecule has 2 heterocycles. The smallest absolute Gasteiger partial charge is 0.264 e. The van der Waals surface area contributed by atoms with E-state index in [-0.39, 0.29) is 17.9 Å². The number of carbonyl (C=O) groups is 2. The molecule has 2 aliphatic heterocycles. The van der Waals surface area contributed by atoms with Crippen LogP contribution in [0.3, 0.4) is 0 Å². The number of carbonyl (C=O) groups excluding carboxylic acids is 2. The number of anilines is 2. The topological polar surface area (TPSA) is 53.1 Å². The molecule has 1 unspecified atom stereocenters. The van der Waals surface area contributed by atoms with Gasteiger partial charge in [0.05, 0.1) is 17.7 Å². The third-order valence-electron chi connectivity index (χ3n) is 6.94. The fourth-order valence-electron chi connectivity index (χ4n) is 4.92. The number of likely N-dealkylation sites (N-methyl/N-ethyl adjacent to an activating group) is 1. The van der Waals surface area contributed by atoms with Gasteiger partial charge in [0.15, 0.2) is 0 Å². The van der Waals surface area contributed by atoms with Crippen molar-refractivity contribution in [3.05, 3.63) is 88.3 Å². The maximum absolute atomic E-state index is 13.5. The third-order valence-corrected chi connectivity index (χ3v) is 8.02. The van der Waals surface area contributed by atoms with E-state index >= 15 is 0 Å². The van der Waals surface area contributed by atoms with E-state index in [0.717, 1.165) is 28.4 Å². The molecule has 0 spiro atoms. The highest BCUT2D eigenvalue weighted by atomic mass is 32.2. The minimum absolute atomic E-state index is 0.00195. The highest BCUT2D eigenvalue weighted by Gasteiger charge is 2.30. The van der Waals surface area contributed by atoms with E-state index in [1.807, 2.05) is 53.4 Å². The summed E-state index contributed by atoms with van der Waals surface area (Å²) in [5.74, 6) is 0.654. The summed E-state index contributed by atoms with van der Waals surface area (Å²) < 4.78 is 5.30. The molecule has 1 atom stereocenters. The predicted octanol–water partition coefficient (Wildman–Crippen LogP) is 5.46. The van der Waals surface area contributed by atoms with Gasteiger partial charge in [-0.05, 0) is 73.5 Å². The van der Waals surface area contributed by atoms with Crippen LogP contribution in [0.15, 0.2) is 76.5 Å². The molecule has 190 valence electrons. The van der Waals surface area contributed by atoms with E-state index in [0.29, 0.717) is 23.6 Å². The van der Waals surface area contributed by atoms with Crippen LogP contribution in [0, 0.1) is 6.92 Å². The van der Waals surface area contributed by atoms with E-state index in [2.05, 4.69) is 43.0 Å². The van der Waals surface area contributed by atoms with Crippen LogP contribution in [-0.4, -0.2) is 56.5 Å². The maximum atomic E-state index is 13.5. The average molecular weight is 514 g/mol. The lowest BCUT2D eigenvalue weighted by Gasteiger charge is -2.41. The van der Waals surface area contributed by atoms with Crippen LogP contribution in [0.4, 0.5) is 11.4 Å². The molecule has 2 amide bonds. The SMILES string of the molecule is COc1cccc(C=C2Sc3ccc(C(=O)N4CCN(c5cccc(C)c5)C(C)C4)cc3N(C)C2=O)c1. The van der Waals surface area contributed by atoms with Crippen molar-refractivity contribution in [2.24, 2.45) is 0 Å². The largest absolute Gasteiger partial charge is 0.497 e. The van der Waals surface area contributed by atoms with E-state index in [1.165, 1.54) is 23.0 Å². The Morgan fingerprint density at radius 1 is 1.05 bits per heavy atom. The van der Waals surface area contributed by atoms with Gasteiger partial charge < -0.3 is 19.4 Å². The van der Waals surface area contributed by atoms with Crippen molar-refractivity contribution in [3.63, 3.8) is 0 Å². The van der Waals surface area contributed by atoms with Gasteiger partial charge in [-0.15, -0.1) is 0 Å². The first-order valence-electron chi connectivity index (χ1n) is 12.4. The molecule has 3 aromatic rings. The summed E-state index contributed by atoms with van der Waals surface area (Å²) in [6.45, 7) is 6.36. The quantitative estimate of drug-likeness (QED) is 0.434. The molecule has 2 aliphatic rings. The minimum atomic E-state index is -0.0923. The summed E-state index contributed by atoms with van der Waals surface area (Å²) in [6.07, 6.45) is 1.88. The monoisotopic (exact) mass is 513 g/mol. The van der Waals surface area contributed by atoms with Gasteiger partial charge in [-0.1, -0.05) is 36.0 Å². The van der Waals surface area contributed by atoms with E-state index < -0.39 is 0 Å². The van der Waals surface area contributed by atoms with Gasteiger partial charge in [0.2, 0.25) is 0 Å². The molecule has 1 fully saturated rings. The van der Waals surface area contributed by atoms with Crippen LogP contribution in [0.1, 0.15) is 28.4 Å². The Morgan fingerprint density at radius 3 is 2.62 bits per heavy atom. The second-order valence-corrected chi connectivity index (χ2v) is 10.7. The third kappa shape index (κ3) is 5.09. The molecular formula is C30H31N3O3S. The predicted molar refractivity (Wildman–Crippen MR) is 151 cm³/mol. The molecular weight excluding hydrogens is 482 g/mol. The number of benzene rings is 3. The van der Waals surface area contributed by atoms with Gasteiger partial charge in [0.1, 0.15) is 5.75 Å². The molecule has 0 aliphatic carbocycles. The summed E-state index contributed by atoms with van der Waals surface area (Å²) >= 11 is 1.43. The second-order valence-electron chi connectivity index (χ2n) is 9.57. The van der Waals surface area contributed by atoms with Gasteiger partial charge in [-0.2, -0.15) is 0 Å². The second kappa shape index (κ2) is 10.3. The minimum Gasteiger partial charge on any atom is -0.497 e. The molecule has 0 radical (unpaired) electrons. The van der Waals surface area contributed by atoms with E-state index in [9.17, 15) is 9.59 Å². The molecule has 6 nitrogen and oxygen atoms in total. The number of rotatable bonds is 4.